The lowest BCUT2D eigenvalue weighted by molar-refractivity contribution is -0.166. The molecule has 1 fully saturated rings. The van der Waals surface area contributed by atoms with Crippen molar-refractivity contribution in [2.24, 2.45) is 17.3 Å². The van der Waals surface area contributed by atoms with Gasteiger partial charge < -0.3 is 4.74 Å². The lowest BCUT2D eigenvalue weighted by atomic mass is 9.60. The zero-order valence-electron chi connectivity index (χ0n) is 15.9. The highest BCUT2D eigenvalue weighted by Gasteiger charge is 2.53. The molecule has 0 saturated heterocycles. The Balaban J connectivity index is 2.42. The van der Waals surface area contributed by atoms with Crippen LogP contribution >= 0.6 is 0 Å². The number of hydrogen-bond donors (Lipinski definition) is 0. The van der Waals surface area contributed by atoms with E-state index in [4.69, 9.17) is 4.74 Å². The number of carbonyl (C=O) groups excluding carboxylic acids is 2. The van der Waals surface area contributed by atoms with E-state index in [-0.39, 0.29) is 17.7 Å². The van der Waals surface area contributed by atoms with Gasteiger partial charge in [0, 0.05) is 6.42 Å². The Bertz CT molecular complexity index is 623. The molecule has 1 aromatic rings. The summed E-state index contributed by atoms with van der Waals surface area (Å²) in [7, 11) is 1.39. The minimum Gasteiger partial charge on any atom is -0.468 e. The number of carbonyl (C=O) groups is 2. The maximum absolute atomic E-state index is 13.3. The molecule has 0 aromatic heterocycles. The summed E-state index contributed by atoms with van der Waals surface area (Å²) in [5.41, 5.74) is 3.51. The first kappa shape index (κ1) is 18.7. The van der Waals surface area contributed by atoms with E-state index in [1.165, 1.54) is 12.7 Å². The summed E-state index contributed by atoms with van der Waals surface area (Å²) in [5.74, 6) is 0.0247. The summed E-state index contributed by atoms with van der Waals surface area (Å²) in [6.45, 7) is 10.3. The van der Waals surface area contributed by atoms with Crippen LogP contribution < -0.4 is 0 Å². The highest BCUT2D eigenvalue weighted by atomic mass is 16.5. The smallest absolute Gasteiger partial charge is 0.319 e. The fourth-order valence-electron chi connectivity index (χ4n) is 4.45. The van der Waals surface area contributed by atoms with Crippen LogP contribution in [0.1, 0.15) is 55.4 Å². The van der Waals surface area contributed by atoms with Gasteiger partial charge in [0.05, 0.1) is 7.11 Å². The van der Waals surface area contributed by atoms with E-state index in [9.17, 15) is 9.59 Å². The molecule has 0 aliphatic heterocycles. The standard InChI is InChI=1S/C21H30O3/c1-13-10-15(3)18(16(4)11-13)12-19(22)21(20(23)24-6)9-7-8-14(2)17(21)5/h10-11,14,17H,7-9,12H2,1-6H3. The molecule has 0 bridgehead atoms. The molecule has 1 saturated carbocycles. The molecule has 0 N–H and O–H groups in total. The third kappa shape index (κ3) is 3.13. The van der Waals surface area contributed by atoms with Crippen LogP contribution in [0.4, 0.5) is 0 Å². The molecular formula is C21H30O3. The van der Waals surface area contributed by atoms with Gasteiger partial charge in [-0.15, -0.1) is 0 Å². The van der Waals surface area contributed by atoms with Gasteiger partial charge in [-0.05, 0) is 55.7 Å². The summed E-state index contributed by atoms with van der Waals surface area (Å²) >= 11 is 0. The molecule has 3 unspecified atom stereocenters. The van der Waals surface area contributed by atoms with Gasteiger partial charge in [-0.1, -0.05) is 44.4 Å². The third-order valence-corrected chi connectivity index (χ3v) is 6.09. The molecule has 0 radical (unpaired) electrons. The van der Waals surface area contributed by atoms with Gasteiger partial charge in [-0.25, -0.2) is 0 Å². The highest BCUT2D eigenvalue weighted by Crippen LogP contribution is 2.46. The number of Topliss-reactive ketones (excluding diaryl/α,β-unsaturated/α-hetero) is 1. The molecule has 3 heteroatoms. The van der Waals surface area contributed by atoms with E-state index in [1.54, 1.807) is 0 Å². The lowest BCUT2D eigenvalue weighted by Crippen LogP contribution is -2.50. The molecule has 1 aliphatic carbocycles. The quantitative estimate of drug-likeness (QED) is 0.609. The monoisotopic (exact) mass is 330 g/mol. The molecule has 24 heavy (non-hydrogen) atoms. The molecule has 3 nitrogen and oxygen atoms in total. The predicted molar refractivity (Wildman–Crippen MR) is 96.0 cm³/mol. The van der Waals surface area contributed by atoms with Crippen molar-refractivity contribution < 1.29 is 14.3 Å². The average molecular weight is 330 g/mol. The van der Waals surface area contributed by atoms with Gasteiger partial charge in [-0.2, -0.15) is 0 Å². The summed E-state index contributed by atoms with van der Waals surface area (Å²) < 4.78 is 5.09. The van der Waals surface area contributed by atoms with E-state index in [0.717, 1.165) is 29.5 Å². The Morgan fingerprint density at radius 1 is 1.17 bits per heavy atom. The third-order valence-electron chi connectivity index (χ3n) is 6.09. The van der Waals surface area contributed by atoms with Crippen LogP contribution in [-0.2, 0) is 20.7 Å². The number of esters is 1. The molecule has 3 atom stereocenters. The Labute approximate surface area is 145 Å². The van der Waals surface area contributed by atoms with Gasteiger partial charge in [0.15, 0.2) is 5.78 Å². The topological polar surface area (TPSA) is 43.4 Å². The van der Waals surface area contributed by atoms with Crippen LogP contribution in [0.2, 0.25) is 0 Å². The number of ether oxygens (including phenoxy) is 1. The second kappa shape index (κ2) is 7.08. The van der Waals surface area contributed by atoms with Crippen molar-refractivity contribution in [3.8, 4) is 0 Å². The summed E-state index contributed by atoms with van der Waals surface area (Å²) in [6, 6.07) is 4.21. The zero-order chi connectivity index (χ0) is 18.1. The van der Waals surface area contributed by atoms with Crippen LogP contribution in [0.15, 0.2) is 12.1 Å². The molecule has 0 heterocycles. The van der Waals surface area contributed by atoms with E-state index >= 15 is 0 Å². The molecule has 0 amide bonds. The van der Waals surface area contributed by atoms with Crippen molar-refractivity contribution in [1.29, 1.82) is 0 Å². The van der Waals surface area contributed by atoms with Crippen LogP contribution in [-0.4, -0.2) is 18.9 Å². The Kier molecular flexibility index (Phi) is 5.52. The predicted octanol–water partition coefficient (Wildman–Crippen LogP) is 4.34. The Morgan fingerprint density at radius 3 is 2.29 bits per heavy atom. The molecule has 0 spiro atoms. The number of benzene rings is 1. The number of methoxy groups -OCH3 is 1. The van der Waals surface area contributed by atoms with Gasteiger partial charge in [0.1, 0.15) is 5.41 Å². The number of hydrogen-bond acceptors (Lipinski definition) is 3. The van der Waals surface area contributed by atoms with Crippen molar-refractivity contribution >= 4 is 11.8 Å². The minimum atomic E-state index is -0.990. The van der Waals surface area contributed by atoms with Crippen LogP contribution in [0, 0.1) is 38.0 Å². The van der Waals surface area contributed by atoms with Crippen molar-refractivity contribution in [1.82, 2.24) is 0 Å². The van der Waals surface area contributed by atoms with Gasteiger partial charge in [0.25, 0.3) is 0 Å². The molecule has 2 rings (SSSR count). The second-order valence-corrected chi connectivity index (χ2v) is 7.60. The SMILES string of the molecule is COC(=O)C1(C(=O)Cc2c(C)cc(C)cc2C)CCCC(C)C1C. The van der Waals surface area contributed by atoms with Crippen molar-refractivity contribution in [2.75, 3.05) is 7.11 Å². The second-order valence-electron chi connectivity index (χ2n) is 7.60. The molecule has 1 aliphatic rings. The highest BCUT2D eigenvalue weighted by molar-refractivity contribution is 6.05. The minimum absolute atomic E-state index is 0.0114. The van der Waals surface area contributed by atoms with E-state index < -0.39 is 5.41 Å². The van der Waals surface area contributed by atoms with Gasteiger partial charge in [-0.3, -0.25) is 9.59 Å². The maximum Gasteiger partial charge on any atom is 0.319 e. The fourth-order valence-corrected chi connectivity index (χ4v) is 4.45. The summed E-state index contributed by atoms with van der Waals surface area (Å²) in [4.78, 5) is 26.0. The summed E-state index contributed by atoms with van der Waals surface area (Å²) in [5, 5.41) is 0. The molecule has 132 valence electrons. The van der Waals surface area contributed by atoms with Gasteiger partial charge >= 0.3 is 5.97 Å². The Hall–Kier alpha value is -1.64. The largest absolute Gasteiger partial charge is 0.468 e. The van der Waals surface area contributed by atoms with Crippen molar-refractivity contribution in [3.63, 3.8) is 0 Å². The Morgan fingerprint density at radius 2 is 1.75 bits per heavy atom. The number of rotatable bonds is 4. The van der Waals surface area contributed by atoms with E-state index in [1.807, 2.05) is 20.8 Å². The fraction of sp³-hybridized carbons (Fsp3) is 0.619. The number of ketones is 1. The maximum atomic E-state index is 13.3. The van der Waals surface area contributed by atoms with Gasteiger partial charge in [0.2, 0.25) is 0 Å². The van der Waals surface area contributed by atoms with Crippen LogP contribution in [0.25, 0.3) is 0 Å². The molecule has 1 aromatic carbocycles. The van der Waals surface area contributed by atoms with Crippen LogP contribution in [0.5, 0.6) is 0 Å². The molecular weight excluding hydrogens is 300 g/mol. The normalized spacial score (nSPS) is 26.9. The van der Waals surface area contributed by atoms with E-state index in [0.29, 0.717) is 18.8 Å². The van der Waals surface area contributed by atoms with Crippen molar-refractivity contribution in [3.05, 3.63) is 34.4 Å². The lowest BCUT2D eigenvalue weighted by Gasteiger charge is -2.42. The first-order chi connectivity index (χ1) is 11.2. The first-order valence-electron chi connectivity index (χ1n) is 8.92. The van der Waals surface area contributed by atoms with Crippen molar-refractivity contribution in [2.45, 2.75) is 60.3 Å². The average Bonchev–Trinajstić information content (AvgIpc) is 2.52. The first-order valence-corrected chi connectivity index (χ1v) is 8.92. The zero-order valence-corrected chi connectivity index (χ0v) is 15.9. The summed E-state index contributed by atoms with van der Waals surface area (Å²) in [6.07, 6.45) is 2.88. The van der Waals surface area contributed by atoms with E-state index in [2.05, 4.69) is 26.0 Å². The van der Waals surface area contributed by atoms with Crippen LogP contribution in [0.3, 0.4) is 0 Å². The number of aryl methyl sites for hydroxylation is 3.